The lowest BCUT2D eigenvalue weighted by molar-refractivity contribution is -0.128. The molecule has 23 heavy (non-hydrogen) atoms. The van der Waals surface area contributed by atoms with Gasteiger partial charge in [-0.3, -0.25) is 9.69 Å². The van der Waals surface area contributed by atoms with Crippen LogP contribution < -0.4 is 10.1 Å². The fourth-order valence-corrected chi connectivity index (χ4v) is 2.77. The van der Waals surface area contributed by atoms with Crippen molar-refractivity contribution in [2.45, 2.75) is 58.2 Å². The topological polar surface area (TPSA) is 71.5 Å². The smallest absolute Gasteiger partial charge is 0.325 e. The number of pyridine rings is 1. The highest BCUT2D eigenvalue weighted by atomic mass is 16.5. The highest BCUT2D eigenvalue weighted by Crippen LogP contribution is 2.25. The van der Waals surface area contributed by atoms with Crippen molar-refractivity contribution in [3.63, 3.8) is 0 Å². The maximum atomic E-state index is 12.4. The van der Waals surface area contributed by atoms with Crippen molar-refractivity contribution in [3.8, 4) is 5.88 Å². The minimum absolute atomic E-state index is 0.131. The molecule has 1 aliphatic heterocycles. The first-order valence-electron chi connectivity index (χ1n) is 8.32. The van der Waals surface area contributed by atoms with Crippen molar-refractivity contribution >= 4 is 11.9 Å². The average Bonchev–Trinajstić information content (AvgIpc) is 2.79. The van der Waals surface area contributed by atoms with Gasteiger partial charge in [-0.05, 0) is 36.8 Å². The molecule has 1 saturated carbocycles. The summed E-state index contributed by atoms with van der Waals surface area (Å²) in [5.41, 5.74) is 0.850. The van der Waals surface area contributed by atoms with Gasteiger partial charge in [-0.25, -0.2) is 9.78 Å². The fourth-order valence-electron chi connectivity index (χ4n) is 2.77. The number of hydrogen-bond acceptors (Lipinski definition) is 4. The van der Waals surface area contributed by atoms with E-state index in [9.17, 15) is 9.59 Å². The first-order valence-corrected chi connectivity index (χ1v) is 8.32. The molecule has 1 saturated heterocycles. The molecule has 1 aromatic rings. The second-order valence-corrected chi connectivity index (χ2v) is 6.41. The van der Waals surface area contributed by atoms with Crippen LogP contribution in [0.1, 0.15) is 45.1 Å². The molecule has 1 aliphatic carbocycles. The number of imide groups is 1. The van der Waals surface area contributed by atoms with E-state index in [0.717, 1.165) is 24.8 Å². The van der Waals surface area contributed by atoms with Crippen molar-refractivity contribution < 1.29 is 14.3 Å². The van der Waals surface area contributed by atoms with Crippen LogP contribution in [-0.2, 0) is 11.3 Å². The van der Waals surface area contributed by atoms with Gasteiger partial charge < -0.3 is 10.1 Å². The predicted molar refractivity (Wildman–Crippen MR) is 84.8 cm³/mol. The molecular formula is C17H23N3O3. The first kappa shape index (κ1) is 15.8. The number of aromatic nitrogens is 1. The van der Waals surface area contributed by atoms with Crippen LogP contribution in [0.4, 0.5) is 4.79 Å². The Labute approximate surface area is 136 Å². The summed E-state index contributed by atoms with van der Waals surface area (Å²) in [6.07, 6.45) is 6.09. The second-order valence-electron chi connectivity index (χ2n) is 6.41. The van der Waals surface area contributed by atoms with E-state index >= 15 is 0 Å². The number of rotatable bonds is 6. The van der Waals surface area contributed by atoms with E-state index in [4.69, 9.17) is 4.74 Å². The van der Waals surface area contributed by atoms with Crippen molar-refractivity contribution in [1.29, 1.82) is 0 Å². The third-order valence-electron chi connectivity index (χ3n) is 4.75. The normalized spacial score (nSPS) is 22.7. The zero-order valence-electron chi connectivity index (χ0n) is 13.6. The van der Waals surface area contributed by atoms with Gasteiger partial charge in [0.25, 0.3) is 5.91 Å². The monoisotopic (exact) mass is 317 g/mol. The van der Waals surface area contributed by atoms with Crippen molar-refractivity contribution in [2.24, 2.45) is 5.92 Å². The van der Waals surface area contributed by atoms with Crippen LogP contribution in [0, 0.1) is 5.92 Å². The molecule has 2 fully saturated rings. The Morgan fingerprint density at radius 1 is 1.43 bits per heavy atom. The summed E-state index contributed by atoms with van der Waals surface area (Å²) in [5.74, 6) is 0.548. The molecule has 1 aromatic heterocycles. The second kappa shape index (κ2) is 6.56. The fraction of sp³-hybridized carbons (Fsp3) is 0.588. The van der Waals surface area contributed by atoms with Gasteiger partial charge in [0.1, 0.15) is 12.1 Å². The van der Waals surface area contributed by atoms with E-state index in [-0.39, 0.29) is 30.5 Å². The Hall–Kier alpha value is -2.11. The summed E-state index contributed by atoms with van der Waals surface area (Å²) < 4.78 is 5.77. The van der Waals surface area contributed by atoms with Crippen LogP contribution in [0.5, 0.6) is 5.88 Å². The van der Waals surface area contributed by atoms with Gasteiger partial charge in [-0.1, -0.05) is 20.3 Å². The quantitative estimate of drug-likeness (QED) is 0.818. The standard InChI is InChI=1S/C17H23N3O3/c1-3-11(2)15-16(21)20(17(22)19-15)10-12-7-8-18-14(9-12)23-13-5-4-6-13/h7-9,11,13,15H,3-6,10H2,1-2H3,(H,19,22). The van der Waals surface area contributed by atoms with Gasteiger partial charge in [-0.15, -0.1) is 0 Å². The molecule has 3 rings (SSSR count). The number of nitrogens with one attached hydrogen (secondary N) is 1. The van der Waals surface area contributed by atoms with Gasteiger partial charge in [0.05, 0.1) is 6.54 Å². The molecule has 2 aliphatic rings. The minimum Gasteiger partial charge on any atom is -0.474 e. The lowest BCUT2D eigenvalue weighted by atomic mass is 9.96. The number of ether oxygens (including phenoxy) is 1. The van der Waals surface area contributed by atoms with E-state index in [1.165, 1.54) is 11.3 Å². The summed E-state index contributed by atoms with van der Waals surface area (Å²) in [7, 11) is 0. The third-order valence-corrected chi connectivity index (χ3v) is 4.75. The molecule has 6 heteroatoms. The molecule has 0 bridgehead atoms. The highest BCUT2D eigenvalue weighted by Gasteiger charge is 2.40. The zero-order valence-corrected chi connectivity index (χ0v) is 13.6. The summed E-state index contributed by atoms with van der Waals surface area (Å²) in [6, 6.07) is 2.89. The molecule has 6 nitrogen and oxygen atoms in total. The van der Waals surface area contributed by atoms with Gasteiger partial charge in [-0.2, -0.15) is 0 Å². The number of amides is 3. The molecule has 1 N–H and O–H groups in total. The molecule has 0 radical (unpaired) electrons. The number of nitrogens with zero attached hydrogens (tertiary/aromatic N) is 2. The predicted octanol–water partition coefficient (Wildman–Crippen LogP) is 2.48. The van der Waals surface area contributed by atoms with Crippen LogP contribution in [-0.4, -0.2) is 34.0 Å². The lowest BCUT2D eigenvalue weighted by Crippen LogP contribution is -2.35. The van der Waals surface area contributed by atoms with Gasteiger partial charge in [0.2, 0.25) is 5.88 Å². The van der Waals surface area contributed by atoms with Crippen molar-refractivity contribution in [2.75, 3.05) is 0 Å². The summed E-state index contributed by atoms with van der Waals surface area (Å²) >= 11 is 0. The number of carbonyl (C=O) groups is 2. The number of urea groups is 1. The molecule has 0 spiro atoms. The molecule has 0 aromatic carbocycles. The van der Waals surface area contributed by atoms with E-state index in [1.54, 1.807) is 6.20 Å². The maximum absolute atomic E-state index is 12.4. The molecule has 124 valence electrons. The molecule has 2 unspecified atom stereocenters. The van der Waals surface area contributed by atoms with Crippen molar-refractivity contribution in [3.05, 3.63) is 23.9 Å². The zero-order chi connectivity index (χ0) is 16.4. The largest absolute Gasteiger partial charge is 0.474 e. The molecule has 3 amide bonds. The Balaban J connectivity index is 1.67. The number of hydrogen-bond donors (Lipinski definition) is 1. The Morgan fingerprint density at radius 2 is 2.22 bits per heavy atom. The minimum atomic E-state index is -0.417. The molecule has 2 atom stereocenters. The summed E-state index contributed by atoms with van der Waals surface area (Å²) in [5, 5.41) is 2.78. The van der Waals surface area contributed by atoms with Gasteiger partial charge in [0.15, 0.2) is 0 Å². The Bertz CT molecular complexity index is 601. The van der Waals surface area contributed by atoms with Crippen LogP contribution in [0.25, 0.3) is 0 Å². The Morgan fingerprint density at radius 3 is 2.87 bits per heavy atom. The van der Waals surface area contributed by atoms with Crippen LogP contribution in [0.15, 0.2) is 18.3 Å². The molecule has 2 heterocycles. The van der Waals surface area contributed by atoms with Crippen LogP contribution in [0.2, 0.25) is 0 Å². The van der Waals surface area contributed by atoms with E-state index in [2.05, 4.69) is 10.3 Å². The summed E-state index contributed by atoms with van der Waals surface area (Å²) in [6.45, 7) is 4.24. The summed E-state index contributed by atoms with van der Waals surface area (Å²) in [4.78, 5) is 30.0. The van der Waals surface area contributed by atoms with E-state index < -0.39 is 6.04 Å². The lowest BCUT2D eigenvalue weighted by Gasteiger charge is -2.25. The van der Waals surface area contributed by atoms with Gasteiger partial charge in [0, 0.05) is 12.3 Å². The maximum Gasteiger partial charge on any atom is 0.325 e. The average molecular weight is 317 g/mol. The third kappa shape index (κ3) is 3.30. The highest BCUT2D eigenvalue weighted by molar-refractivity contribution is 6.04. The van der Waals surface area contributed by atoms with E-state index in [0.29, 0.717) is 5.88 Å². The number of carbonyl (C=O) groups excluding carboxylic acids is 2. The SMILES string of the molecule is CCC(C)C1NC(=O)N(Cc2ccnc(OC3CCC3)c2)C1=O. The van der Waals surface area contributed by atoms with Crippen LogP contribution >= 0.6 is 0 Å². The first-order chi connectivity index (χ1) is 11.1. The van der Waals surface area contributed by atoms with Crippen molar-refractivity contribution in [1.82, 2.24) is 15.2 Å². The van der Waals surface area contributed by atoms with Gasteiger partial charge >= 0.3 is 6.03 Å². The van der Waals surface area contributed by atoms with E-state index in [1.807, 2.05) is 26.0 Å². The molecular weight excluding hydrogens is 294 g/mol. The Kier molecular flexibility index (Phi) is 4.50. The van der Waals surface area contributed by atoms with Crippen LogP contribution in [0.3, 0.4) is 0 Å².